The smallest absolute Gasteiger partial charge is 0.309 e. The Morgan fingerprint density at radius 2 is 1.79 bits per heavy atom. The van der Waals surface area contributed by atoms with Crippen molar-refractivity contribution in [2.24, 2.45) is 11.8 Å². The van der Waals surface area contributed by atoms with Gasteiger partial charge in [0.05, 0.1) is 36.9 Å². The molecule has 2 aliphatic rings. The number of cyclic esters (lactones) is 1. The maximum absolute atomic E-state index is 13.5. The van der Waals surface area contributed by atoms with E-state index in [0.29, 0.717) is 25.8 Å². The zero-order valence-corrected chi connectivity index (χ0v) is 23.3. The first-order valence-corrected chi connectivity index (χ1v) is 13.8. The SMILES string of the molecule is CC(C)(C)OC(=O)C[C@@H]1C/C=C/C[C@@H](CC(=O)N[C@@H](CO)Cc2ccccc2)C(=O)N2CCC[C@@H]2COC1=O. The van der Waals surface area contributed by atoms with Gasteiger partial charge in [-0.25, -0.2) is 0 Å². The normalized spacial score (nSPS) is 24.0. The Labute approximate surface area is 230 Å². The molecule has 3 rings (SSSR count). The molecule has 2 aliphatic heterocycles. The highest BCUT2D eigenvalue weighted by atomic mass is 16.6. The van der Waals surface area contributed by atoms with Crippen molar-refractivity contribution in [3.8, 4) is 0 Å². The fraction of sp³-hybridized carbons (Fsp3) is 0.600. The quantitative estimate of drug-likeness (QED) is 0.383. The second-order valence-electron chi connectivity index (χ2n) is 11.4. The number of ether oxygens (including phenoxy) is 2. The lowest BCUT2D eigenvalue weighted by Crippen LogP contribution is -2.45. The van der Waals surface area contributed by atoms with Gasteiger partial charge < -0.3 is 24.8 Å². The van der Waals surface area contributed by atoms with Gasteiger partial charge in [0, 0.05) is 13.0 Å². The van der Waals surface area contributed by atoms with Crippen molar-refractivity contribution < 1.29 is 33.8 Å². The molecule has 1 aromatic rings. The molecule has 0 aromatic heterocycles. The van der Waals surface area contributed by atoms with Crippen LogP contribution in [0.3, 0.4) is 0 Å². The van der Waals surface area contributed by atoms with E-state index in [1.807, 2.05) is 30.3 Å². The summed E-state index contributed by atoms with van der Waals surface area (Å²) in [5.74, 6) is -2.65. The van der Waals surface area contributed by atoms with Gasteiger partial charge in [-0.1, -0.05) is 42.5 Å². The van der Waals surface area contributed by atoms with Crippen LogP contribution < -0.4 is 5.32 Å². The van der Waals surface area contributed by atoms with Crippen LogP contribution in [0.5, 0.6) is 0 Å². The molecule has 0 saturated carbocycles. The van der Waals surface area contributed by atoms with E-state index in [-0.39, 0.29) is 50.3 Å². The minimum atomic E-state index is -0.689. The van der Waals surface area contributed by atoms with Gasteiger partial charge in [-0.15, -0.1) is 0 Å². The average molecular weight is 543 g/mol. The molecule has 9 nitrogen and oxygen atoms in total. The fourth-order valence-corrected chi connectivity index (χ4v) is 5.04. The molecule has 0 radical (unpaired) electrons. The van der Waals surface area contributed by atoms with Crippen LogP contribution >= 0.6 is 0 Å². The number of carbonyl (C=O) groups excluding carboxylic acids is 4. The largest absolute Gasteiger partial charge is 0.463 e. The van der Waals surface area contributed by atoms with E-state index in [1.54, 1.807) is 37.8 Å². The Kier molecular flexibility index (Phi) is 11.1. The Bertz CT molecular complexity index is 1020. The third-order valence-electron chi connectivity index (χ3n) is 6.94. The van der Waals surface area contributed by atoms with Crippen LogP contribution in [0.1, 0.15) is 64.9 Å². The molecular weight excluding hydrogens is 500 g/mol. The highest BCUT2D eigenvalue weighted by Crippen LogP contribution is 2.26. The molecule has 1 saturated heterocycles. The number of benzene rings is 1. The summed E-state index contributed by atoms with van der Waals surface area (Å²) in [4.78, 5) is 53.4. The van der Waals surface area contributed by atoms with Crippen molar-refractivity contribution in [3.05, 3.63) is 48.0 Å². The number of allylic oxidation sites excluding steroid dienone is 2. The maximum atomic E-state index is 13.5. The first kappa shape index (κ1) is 30.3. The third-order valence-corrected chi connectivity index (χ3v) is 6.94. The number of nitrogens with zero attached hydrogens (tertiary/aromatic N) is 1. The maximum Gasteiger partial charge on any atom is 0.309 e. The van der Waals surface area contributed by atoms with Crippen molar-refractivity contribution in [1.82, 2.24) is 10.2 Å². The number of fused-ring (bicyclic) bond motifs is 1. The molecule has 39 heavy (non-hydrogen) atoms. The number of esters is 2. The fourth-order valence-electron chi connectivity index (χ4n) is 5.04. The molecular formula is C30H42N2O7. The van der Waals surface area contributed by atoms with Gasteiger partial charge in [-0.05, 0) is 58.4 Å². The second-order valence-corrected chi connectivity index (χ2v) is 11.4. The molecule has 0 unspecified atom stereocenters. The molecule has 2 N–H and O–H groups in total. The predicted octanol–water partition coefficient (Wildman–Crippen LogP) is 2.94. The summed E-state index contributed by atoms with van der Waals surface area (Å²) >= 11 is 0. The van der Waals surface area contributed by atoms with E-state index >= 15 is 0 Å². The second kappa shape index (κ2) is 14.3. The molecule has 1 aromatic carbocycles. The predicted molar refractivity (Wildman–Crippen MR) is 145 cm³/mol. The highest BCUT2D eigenvalue weighted by Gasteiger charge is 2.36. The number of aliphatic hydroxyl groups excluding tert-OH is 1. The van der Waals surface area contributed by atoms with Gasteiger partial charge in [-0.2, -0.15) is 0 Å². The zero-order valence-electron chi connectivity index (χ0n) is 23.3. The summed E-state index contributed by atoms with van der Waals surface area (Å²) in [6.07, 6.45) is 6.02. The number of carbonyl (C=O) groups is 4. The van der Waals surface area contributed by atoms with Crippen LogP contribution in [0.4, 0.5) is 0 Å². The number of nitrogens with one attached hydrogen (secondary N) is 1. The number of hydrogen-bond acceptors (Lipinski definition) is 7. The van der Waals surface area contributed by atoms with E-state index in [1.165, 1.54) is 0 Å². The Morgan fingerprint density at radius 3 is 2.46 bits per heavy atom. The summed E-state index contributed by atoms with van der Waals surface area (Å²) in [6, 6.07) is 8.88. The molecule has 2 heterocycles. The number of amides is 2. The molecule has 2 amide bonds. The Hall–Kier alpha value is -3.20. The molecule has 214 valence electrons. The standard InChI is InChI=1S/C30H42N2O7/c1-30(2,3)39-27(35)18-23-13-8-7-12-22(28(36)32-15-9-14-25(32)20-38-29(23)37)17-26(34)31-24(19-33)16-21-10-5-4-6-11-21/h4-8,10-11,22-25,33H,9,12-20H2,1-3H3,(H,31,34)/b8-7+/t22-,23-,24+,25+/m0/s1. The summed E-state index contributed by atoms with van der Waals surface area (Å²) in [6.45, 7) is 5.71. The monoisotopic (exact) mass is 542 g/mol. The lowest BCUT2D eigenvalue weighted by atomic mass is 9.95. The van der Waals surface area contributed by atoms with E-state index in [2.05, 4.69) is 5.32 Å². The van der Waals surface area contributed by atoms with Crippen LogP contribution in [-0.2, 0) is 35.1 Å². The number of rotatable bonds is 8. The van der Waals surface area contributed by atoms with Crippen molar-refractivity contribution in [2.75, 3.05) is 19.8 Å². The first-order valence-electron chi connectivity index (χ1n) is 13.8. The van der Waals surface area contributed by atoms with Gasteiger partial charge in [0.1, 0.15) is 12.2 Å². The van der Waals surface area contributed by atoms with Crippen LogP contribution in [0.2, 0.25) is 0 Å². The molecule has 0 spiro atoms. The van der Waals surface area contributed by atoms with Gasteiger partial charge in [-0.3, -0.25) is 19.2 Å². The highest BCUT2D eigenvalue weighted by molar-refractivity contribution is 5.86. The first-order chi connectivity index (χ1) is 18.6. The van der Waals surface area contributed by atoms with Crippen LogP contribution in [-0.4, -0.2) is 71.2 Å². The van der Waals surface area contributed by atoms with Crippen molar-refractivity contribution in [2.45, 2.75) is 83.4 Å². The molecule has 1 fully saturated rings. The summed E-state index contributed by atoms with van der Waals surface area (Å²) in [5.41, 5.74) is 0.342. The molecule has 4 atom stereocenters. The Morgan fingerprint density at radius 1 is 1.10 bits per heavy atom. The summed E-state index contributed by atoms with van der Waals surface area (Å²) in [5, 5.41) is 12.7. The van der Waals surface area contributed by atoms with Gasteiger partial charge in [0.2, 0.25) is 11.8 Å². The topological polar surface area (TPSA) is 122 Å². The van der Waals surface area contributed by atoms with Crippen molar-refractivity contribution >= 4 is 23.8 Å². The minimum absolute atomic E-state index is 0.0151. The number of aliphatic hydroxyl groups is 1. The van der Waals surface area contributed by atoms with E-state index < -0.39 is 35.4 Å². The Balaban J connectivity index is 1.69. The van der Waals surface area contributed by atoms with Gasteiger partial charge >= 0.3 is 11.9 Å². The van der Waals surface area contributed by atoms with Gasteiger partial charge in [0.25, 0.3) is 0 Å². The van der Waals surface area contributed by atoms with E-state index in [0.717, 1.165) is 12.0 Å². The molecule has 9 heteroatoms. The lowest BCUT2D eigenvalue weighted by Gasteiger charge is -2.29. The molecule has 0 aliphatic carbocycles. The number of hydrogen-bond donors (Lipinski definition) is 2. The van der Waals surface area contributed by atoms with Crippen LogP contribution in [0, 0.1) is 11.8 Å². The van der Waals surface area contributed by atoms with Crippen LogP contribution in [0.25, 0.3) is 0 Å². The molecule has 0 bridgehead atoms. The van der Waals surface area contributed by atoms with Crippen molar-refractivity contribution in [1.29, 1.82) is 0 Å². The van der Waals surface area contributed by atoms with Crippen LogP contribution in [0.15, 0.2) is 42.5 Å². The van der Waals surface area contributed by atoms with E-state index in [4.69, 9.17) is 9.47 Å². The lowest BCUT2D eigenvalue weighted by molar-refractivity contribution is -0.162. The van der Waals surface area contributed by atoms with E-state index in [9.17, 15) is 24.3 Å². The third kappa shape index (κ3) is 9.80. The summed E-state index contributed by atoms with van der Waals surface area (Å²) in [7, 11) is 0. The minimum Gasteiger partial charge on any atom is -0.463 e. The van der Waals surface area contributed by atoms with Gasteiger partial charge in [0.15, 0.2) is 0 Å². The average Bonchev–Trinajstić information content (AvgIpc) is 3.35. The zero-order chi connectivity index (χ0) is 28.4. The summed E-state index contributed by atoms with van der Waals surface area (Å²) < 4.78 is 11.0. The van der Waals surface area contributed by atoms with Crippen molar-refractivity contribution in [3.63, 3.8) is 0 Å².